The summed E-state index contributed by atoms with van der Waals surface area (Å²) in [6, 6.07) is 10.9. The van der Waals surface area contributed by atoms with Gasteiger partial charge in [-0.15, -0.1) is 0 Å². The highest BCUT2D eigenvalue weighted by atomic mass is 32.2. The smallest absolute Gasteiger partial charge is 0.273 e. The van der Waals surface area contributed by atoms with Crippen LogP contribution in [-0.4, -0.2) is 68.8 Å². The molecule has 0 bridgehead atoms. The second-order valence-electron chi connectivity index (χ2n) is 6.71. The molecule has 1 aliphatic rings. The van der Waals surface area contributed by atoms with Crippen molar-refractivity contribution >= 4 is 15.9 Å². The lowest BCUT2D eigenvalue weighted by Gasteiger charge is -2.29. The fraction of sp³-hybridized carbons (Fsp3) is 0.368. The number of amides is 1. The Kier molecular flexibility index (Phi) is 7.08. The molecule has 3 rings (SSSR count). The van der Waals surface area contributed by atoms with Gasteiger partial charge < -0.3 is 24.4 Å². The first kappa shape index (κ1) is 21.8. The van der Waals surface area contributed by atoms with E-state index < -0.39 is 15.5 Å². The second kappa shape index (κ2) is 9.74. The topological polar surface area (TPSA) is 117 Å². The first-order chi connectivity index (χ1) is 14.4. The Labute approximate surface area is 175 Å². The van der Waals surface area contributed by atoms with E-state index in [0.29, 0.717) is 12.2 Å². The largest absolute Gasteiger partial charge is 0.364 e. The number of aromatic nitrogens is 1. The van der Waals surface area contributed by atoms with E-state index in [0.717, 1.165) is 5.56 Å². The molecule has 11 heteroatoms. The maximum Gasteiger partial charge on any atom is 0.273 e. The van der Waals surface area contributed by atoms with E-state index in [9.17, 15) is 13.2 Å². The Balaban J connectivity index is 1.44. The van der Waals surface area contributed by atoms with Crippen molar-refractivity contribution in [2.24, 2.45) is 0 Å². The third-order valence-electron chi connectivity index (χ3n) is 4.42. The molecule has 162 valence electrons. The predicted molar refractivity (Wildman–Crippen MR) is 110 cm³/mol. The zero-order valence-electron chi connectivity index (χ0n) is 16.8. The predicted octanol–water partition coefficient (Wildman–Crippen LogP) is 0.987. The standard InChI is InChI=1S/C19H25N5O5S/c1-23-11-12-24(14-28-2)19(23)30(26,27)21-10-6-9-20-18(25)16-13-17(29-22-16)15-7-4-3-5-8-15/h3-5,7-8,11-13,19,21H,6,9-10,14H2,1-2H3,(H,20,25). The summed E-state index contributed by atoms with van der Waals surface area (Å²) in [6.45, 7) is 0.627. The normalized spacial score (nSPS) is 16.3. The van der Waals surface area contributed by atoms with Crippen LogP contribution in [0, 0.1) is 0 Å². The Hall–Kier alpha value is -2.89. The monoisotopic (exact) mass is 435 g/mol. The summed E-state index contributed by atoms with van der Waals surface area (Å²) in [5.41, 5.74) is 0.120. The molecule has 1 unspecified atom stereocenters. The SMILES string of the molecule is COCN1C=CN(C)C1S(=O)(=O)NCCCNC(=O)c1cc(-c2ccccc2)on1. The molecule has 2 N–H and O–H groups in total. The van der Waals surface area contributed by atoms with Gasteiger partial charge in [-0.05, 0) is 6.42 Å². The van der Waals surface area contributed by atoms with Gasteiger partial charge in [0, 0.05) is 51.3 Å². The van der Waals surface area contributed by atoms with Crippen molar-refractivity contribution in [3.05, 3.63) is 54.5 Å². The third-order valence-corrected chi connectivity index (χ3v) is 6.19. The molecule has 1 amide bonds. The lowest BCUT2D eigenvalue weighted by Crippen LogP contribution is -2.49. The molecule has 1 aromatic carbocycles. The average molecular weight is 436 g/mol. The van der Waals surface area contributed by atoms with Crippen molar-refractivity contribution < 1.29 is 22.5 Å². The van der Waals surface area contributed by atoms with E-state index in [4.69, 9.17) is 9.26 Å². The minimum absolute atomic E-state index is 0.158. The summed E-state index contributed by atoms with van der Waals surface area (Å²) in [4.78, 5) is 15.4. The van der Waals surface area contributed by atoms with Crippen LogP contribution in [0.15, 0.2) is 53.3 Å². The van der Waals surface area contributed by atoms with Crippen LogP contribution in [-0.2, 0) is 14.8 Å². The zero-order chi connectivity index (χ0) is 21.6. The Morgan fingerprint density at radius 1 is 1.23 bits per heavy atom. The fourth-order valence-electron chi connectivity index (χ4n) is 3.02. The number of hydrogen-bond acceptors (Lipinski definition) is 8. The highest BCUT2D eigenvalue weighted by molar-refractivity contribution is 7.90. The number of carbonyl (C=O) groups is 1. The van der Waals surface area contributed by atoms with E-state index >= 15 is 0 Å². The fourth-order valence-corrected chi connectivity index (χ4v) is 4.59. The summed E-state index contributed by atoms with van der Waals surface area (Å²) in [5.74, 6) is 0.123. The lowest BCUT2D eigenvalue weighted by molar-refractivity contribution is 0.0714. The number of carbonyl (C=O) groups excluding carboxylic acids is 1. The maximum absolute atomic E-state index is 12.6. The van der Waals surface area contributed by atoms with Crippen molar-refractivity contribution in [2.75, 3.05) is 34.0 Å². The van der Waals surface area contributed by atoms with Gasteiger partial charge in [0.1, 0.15) is 6.73 Å². The molecular weight excluding hydrogens is 410 g/mol. The number of methoxy groups -OCH3 is 1. The minimum atomic E-state index is -3.64. The van der Waals surface area contributed by atoms with E-state index in [1.54, 1.807) is 35.3 Å². The van der Waals surface area contributed by atoms with Crippen molar-refractivity contribution in [1.82, 2.24) is 25.0 Å². The zero-order valence-corrected chi connectivity index (χ0v) is 17.6. The van der Waals surface area contributed by atoms with Gasteiger partial charge in [0.25, 0.3) is 15.9 Å². The molecule has 2 aromatic rings. The number of sulfonamides is 1. The van der Waals surface area contributed by atoms with Crippen LogP contribution in [0.4, 0.5) is 0 Å². The van der Waals surface area contributed by atoms with E-state index in [1.807, 2.05) is 30.3 Å². The van der Waals surface area contributed by atoms with Crippen LogP contribution in [0.1, 0.15) is 16.9 Å². The molecule has 0 radical (unpaired) electrons. The Morgan fingerprint density at radius 3 is 2.73 bits per heavy atom. The number of rotatable bonds is 10. The van der Waals surface area contributed by atoms with E-state index in [1.165, 1.54) is 7.11 Å². The molecule has 30 heavy (non-hydrogen) atoms. The van der Waals surface area contributed by atoms with Crippen molar-refractivity contribution in [3.63, 3.8) is 0 Å². The van der Waals surface area contributed by atoms with Gasteiger partial charge in [-0.3, -0.25) is 4.79 Å². The molecule has 0 spiro atoms. The summed E-state index contributed by atoms with van der Waals surface area (Å²) >= 11 is 0. The molecule has 0 saturated carbocycles. The van der Waals surface area contributed by atoms with E-state index in [2.05, 4.69) is 15.2 Å². The molecular formula is C19H25N5O5S. The van der Waals surface area contributed by atoms with Gasteiger partial charge in [0.05, 0.1) is 0 Å². The molecule has 2 heterocycles. The second-order valence-corrected chi connectivity index (χ2v) is 8.51. The highest BCUT2D eigenvalue weighted by Crippen LogP contribution is 2.20. The quantitative estimate of drug-likeness (QED) is 0.531. The van der Waals surface area contributed by atoms with Gasteiger partial charge in [0.2, 0.25) is 5.50 Å². The van der Waals surface area contributed by atoms with Gasteiger partial charge in [-0.25, -0.2) is 13.1 Å². The number of nitrogens with zero attached hydrogens (tertiary/aromatic N) is 3. The number of hydrogen-bond donors (Lipinski definition) is 2. The first-order valence-corrected chi connectivity index (χ1v) is 10.9. The third kappa shape index (κ3) is 5.17. The molecule has 1 atom stereocenters. The van der Waals surface area contributed by atoms with E-state index in [-0.39, 0.29) is 31.4 Å². The Morgan fingerprint density at radius 2 is 2.00 bits per heavy atom. The average Bonchev–Trinajstić information content (AvgIpc) is 3.36. The number of ether oxygens (including phenoxy) is 1. The summed E-state index contributed by atoms with van der Waals surface area (Å²) in [7, 11) is -0.459. The number of nitrogens with one attached hydrogen (secondary N) is 2. The van der Waals surface area contributed by atoms with Crippen LogP contribution in [0.2, 0.25) is 0 Å². The summed E-state index contributed by atoms with van der Waals surface area (Å²) in [6.07, 6.45) is 3.75. The van der Waals surface area contributed by atoms with Gasteiger partial charge in [-0.2, -0.15) is 0 Å². The molecule has 10 nitrogen and oxygen atoms in total. The van der Waals surface area contributed by atoms with Gasteiger partial charge in [0.15, 0.2) is 11.5 Å². The van der Waals surface area contributed by atoms with Crippen LogP contribution in [0.3, 0.4) is 0 Å². The first-order valence-electron chi connectivity index (χ1n) is 9.36. The summed E-state index contributed by atoms with van der Waals surface area (Å²) in [5, 5.41) is 6.50. The van der Waals surface area contributed by atoms with Gasteiger partial charge >= 0.3 is 0 Å². The van der Waals surface area contributed by atoms with Crippen molar-refractivity contribution in [1.29, 1.82) is 0 Å². The van der Waals surface area contributed by atoms with Crippen LogP contribution in [0.25, 0.3) is 11.3 Å². The van der Waals surface area contributed by atoms with Crippen LogP contribution in [0.5, 0.6) is 0 Å². The molecule has 0 saturated heterocycles. The highest BCUT2D eigenvalue weighted by Gasteiger charge is 2.35. The maximum atomic E-state index is 12.6. The van der Waals surface area contributed by atoms with Crippen LogP contribution >= 0.6 is 0 Å². The molecule has 1 aliphatic heterocycles. The minimum Gasteiger partial charge on any atom is -0.364 e. The molecule has 0 fully saturated rings. The summed E-state index contributed by atoms with van der Waals surface area (Å²) < 4.78 is 38.0. The van der Waals surface area contributed by atoms with Crippen molar-refractivity contribution in [2.45, 2.75) is 11.9 Å². The van der Waals surface area contributed by atoms with Crippen molar-refractivity contribution in [3.8, 4) is 11.3 Å². The Bertz CT molecular complexity index is 976. The lowest BCUT2D eigenvalue weighted by atomic mass is 10.1. The number of benzene rings is 1. The molecule has 0 aliphatic carbocycles. The van der Waals surface area contributed by atoms with Crippen LogP contribution < -0.4 is 10.0 Å². The molecule has 1 aromatic heterocycles. The van der Waals surface area contributed by atoms with Gasteiger partial charge in [-0.1, -0.05) is 35.5 Å².